The molecule has 8 nitrogen and oxygen atoms in total. The molecule has 2 N–H and O–H groups in total. The van der Waals surface area contributed by atoms with E-state index in [0.717, 1.165) is 11.4 Å². The summed E-state index contributed by atoms with van der Waals surface area (Å²) < 4.78 is 16.1. The van der Waals surface area contributed by atoms with Crippen molar-refractivity contribution in [3.63, 3.8) is 0 Å². The van der Waals surface area contributed by atoms with Crippen LogP contribution in [0.2, 0.25) is 0 Å². The highest BCUT2D eigenvalue weighted by atomic mass is 16.5. The highest BCUT2D eigenvalue weighted by Crippen LogP contribution is 2.40. The Morgan fingerprint density at radius 3 is 2.07 bits per heavy atom. The first-order valence-corrected chi connectivity index (χ1v) is 8.82. The third kappa shape index (κ3) is 4.73. The molecule has 0 fully saturated rings. The number of anilines is 4. The van der Waals surface area contributed by atoms with Crippen LogP contribution >= 0.6 is 0 Å². The van der Waals surface area contributed by atoms with Crippen LogP contribution in [0.3, 0.4) is 0 Å². The fourth-order valence-corrected chi connectivity index (χ4v) is 2.71. The number of hydrogen-bond acceptors (Lipinski definition) is 8. The molecule has 29 heavy (non-hydrogen) atoms. The molecule has 0 amide bonds. The zero-order valence-electron chi connectivity index (χ0n) is 16.6. The Kier molecular flexibility index (Phi) is 6.13. The lowest BCUT2D eigenvalue weighted by Crippen LogP contribution is -2.02. The van der Waals surface area contributed by atoms with Gasteiger partial charge in [-0.3, -0.25) is 4.79 Å². The molecule has 150 valence electrons. The minimum atomic E-state index is 0.0179. The molecular formula is C21H22N4O4. The number of ether oxygens (including phenoxy) is 3. The van der Waals surface area contributed by atoms with Crippen molar-refractivity contribution in [2.24, 2.45) is 0 Å². The third-order valence-corrected chi connectivity index (χ3v) is 4.14. The van der Waals surface area contributed by atoms with Gasteiger partial charge in [0, 0.05) is 35.3 Å². The maximum atomic E-state index is 11.4. The number of benzene rings is 2. The van der Waals surface area contributed by atoms with Gasteiger partial charge in [-0.25, -0.2) is 4.98 Å². The van der Waals surface area contributed by atoms with Gasteiger partial charge in [0.1, 0.15) is 5.82 Å². The summed E-state index contributed by atoms with van der Waals surface area (Å²) in [6.45, 7) is 1.53. The number of Topliss-reactive ketones (excluding diaryl/α,β-unsaturated/α-hetero) is 1. The molecule has 0 bridgehead atoms. The van der Waals surface area contributed by atoms with Gasteiger partial charge in [-0.2, -0.15) is 4.98 Å². The van der Waals surface area contributed by atoms with Crippen LogP contribution in [0, 0.1) is 0 Å². The van der Waals surface area contributed by atoms with Crippen molar-refractivity contribution in [2.75, 3.05) is 32.0 Å². The molecule has 3 rings (SSSR count). The van der Waals surface area contributed by atoms with Crippen LogP contribution in [0.1, 0.15) is 17.3 Å². The zero-order chi connectivity index (χ0) is 20.8. The van der Waals surface area contributed by atoms with E-state index in [1.165, 1.54) is 6.92 Å². The fraction of sp³-hybridized carbons (Fsp3) is 0.190. The van der Waals surface area contributed by atoms with Crippen LogP contribution in [0.4, 0.5) is 23.1 Å². The molecule has 0 radical (unpaired) electrons. The zero-order valence-corrected chi connectivity index (χ0v) is 16.6. The van der Waals surface area contributed by atoms with Gasteiger partial charge >= 0.3 is 0 Å². The number of aromatic nitrogens is 2. The summed E-state index contributed by atoms with van der Waals surface area (Å²) in [5, 5.41) is 6.32. The van der Waals surface area contributed by atoms with Crippen LogP contribution in [-0.2, 0) is 0 Å². The van der Waals surface area contributed by atoms with E-state index in [9.17, 15) is 4.79 Å². The summed E-state index contributed by atoms with van der Waals surface area (Å²) in [6, 6.07) is 12.4. The monoisotopic (exact) mass is 394 g/mol. The molecule has 1 aromatic heterocycles. The molecule has 8 heteroatoms. The van der Waals surface area contributed by atoms with Gasteiger partial charge in [-0.1, -0.05) is 0 Å². The van der Waals surface area contributed by atoms with Crippen LogP contribution in [0.15, 0.2) is 48.7 Å². The lowest BCUT2D eigenvalue weighted by molar-refractivity contribution is 0.101. The van der Waals surface area contributed by atoms with E-state index in [1.54, 1.807) is 70.0 Å². The standard InChI is InChI=1S/C21H22N4O4/c1-13(26)14-5-7-15(8-6-14)24-21-22-10-9-19(25-21)23-16-11-17(27-2)20(29-4)18(12-16)28-3/h5-12H,1-4H3,(H2,22,23,24,25). The van der Waals surface area contributed by atoms with Crippen molar-refractivity contribution in [1.29, 1.82) is 0 Å². The van der Waals surface area contributed by atoms with Gasteiger partial charge in [0.2, 0.25) is 11.7 Å². The molecule has 1 heterocycles. The highest BCUT2D eigenvalue weighted by molar-refractivity contribution is 5.94. The van der Waals surface area contributed by atoms with Gasteiger partial charge in [0.25, 0.3) is 0 Å². The topological polar surface area (TPSA) is 94.6 Å². The molecule has 0 atom stereocenters. The van der Waals surface area contributed by atoms with Crippen molar-refractivity contribution in [1.82, 2.24) is 9.97 Å². The Labute approximate surface area is 168 Å². The predicted molar refractivity (Wildman–Crippen MR) is 111 cm³/mol. The molecule has 0 unspecified atom stereocenters. The molecule has 0 aliphatic rings. The van der Waals surface area contributed by atoms with E-state index < -0.39 is 0 Å². The Balaban J connectivity index is 1.80. The number of ketones is 1. The van der Waals surface area contributed by atoms with E-state index in [1.807, 2.05) is 0 Å². The van der Waals surface area contributed by atoms with Crippen LogP contribution in [0.25, 0.3) is 0 Å². The average Bonchev–Trinajstić information content (AvgIpc) is 2.73. The molecule has 0 saturated carbocycles. The maximum Gasteiger partial charge on any atom is 0.229 e. The van der Waals surface area contributed by atoms with Gasteiger partial charge in [0.15, 0.2) is 17.3 Å². The summed E-state index contributed by atoms with van der Waals surface area (Å²) in [5.41, 5.74) is 2.14. The molecule has 2 aromatic carbocycles. The lowest BCUT2D eigenvalue weighted by atomic mass is 10.1. The molecule has 0 aliphatic carbocycles. The van der Waals surface area contributed by atoms with Crippen molar-refractivity contribution < 1.29 is 19.0 Å². The Hall–Kier alpha value is -3.81. The summed E-state index contributed by atoms with van der Waals surface area (Å²) in [5.74, 6) is 2.60. The first-order valence-electron chi connectivity index (χ1n) is 8.82. The smallest absolute Gasteiger partial charge is 0.229 e. The SMILES string of the molecule is COc1cc(Nc2ccnc(Nc3ccc(C(C)=O)cc3)n2)cc(OC)c1OC. The Morgan fingerprint density at radius 2 is 1.52 bits per heavy atom. The van der Waals surface area contributed by atoms with Crippen molar-refractivity contribution in [3.8, 4) is 17.2 Å². The Bertz CT molecular complexity index is 981. The van der Waals surface area contributed by atoms with E-state index in [2.05, 4.69) is 20.6 Å². The van der Waals surface area contributed by atoms with Gasteiger partial charge < -0.3 is 24.8 Å². The van der Waals surface area contributed by atoms with Gasteiger partial charge in [0.05, 0.1) is 21.3 Å². The van der Waals surface area contributed by atoms with Crippen LogP contribution < -0.4 is 24.8 Å². The second-order valence-corrected chi connectivity index (χ2v) is 6.06. The number of methoxy groups -OCH3 is 3. The molecule has 0 saturated heterocycles. The van der Waals surface area contributed by atoms with E-state index in [-0.39, 0.29) is 5.78 Å². The summed E-state index contributed by atoms with van der Waals surface area (Å²) in [4.78, 5) is 20.1. The number of rotatable bonds is 8. The first-order chi connectivity index (χ1) is 14.0. The largest absolute Gasteiger partial charge is 0.493 e. The maximum absolute atomic E-state index is 11.4. The number of hydrogen-bond donors (Lipinski definition) is 2. The fourth-order valence-electron chi connectivity index (χ4n) is 2.71. The summed E-state index contributed by atoms with van der Waals surface area (Å²) in [7, 11) is 4.68. The quantitative estimate of drug-likeness (QED) is 0.549. The Morgan fingerprint density at radius 1 is 0.862 bits per heavy atom. The molecule has 0 spiro atoms. The summed E-state index contributed by atoms with van der Waals surface area (Å²) >= 11 is 0. The first kappa shape index (κ1) is 19.9. The normalized spacial score (nSPS) is 10.2. The van der Waals surface area contributed by atoms with Crippen molar-refractivity contribution >= 4 is 28.9 Å². The number of carbonyl (C=O) groups is 1. The van der Waals surface area contributed by atoms with Crippen LogP contribution in [-0.4, -0.2) is 37.1 Å². The van der Waals surface area contributed by atoms with Gasteiger partial charge in [-0.05, 0) is 37.3 Å². The minimum Gasteiger partial charge on any atom is -0.493 e. The second-order valence-electron chi connectivity index (χ2n) is 6.06. The molecule has 0 aliphatic heterocycles. The lowest BCUT2D eigenvalue weighted by Gasteiger charge is -2.15. The number of nitrogens with zero attached hydrogens (tertiary/aromatic N) is 2. The van der Waals surface area contributed by atoms with E-state index in [0.29, 0.717) is 34.6 Å². The number of carbonyl (C=O) groups excluding carboxylic acids is 1. The summed E-state index contributed by atoms with van der Waals surface area (Å²) in [6.07, 6.45) is 1.64. The van der Waals surface area contributed by atoms with Crippen LogP contribution in [0.5, 0.6) is 17.2 Å². The highest BCUT2D eigenvalue weighted by Gasteiger charge is 2.13. The van der Waals surface area contributed by atoms with E-state index >= 15 is 0 Å². The second kappa shape index (κ2) is 8.92. The average molecular weight is 394 g/mol. The van der Waals surface area contributed by atoms with Gasteiger partial charge in [-0.15, -0.1) is 0 Å². The number of nitrogens with one attached hydrogen (secondary N) is 2. The van der Waals surface area contributed by atoms with Crippen molar-refractivity contribution in [2.45, 2.75) is 6.92 Å². The van der Waals surface area contributed by atoms with E-state index in [4.69, 9.17) is 14.2 Å². The van der Waals surface area contributed by atoms with Crippen molar-refractivity contribution in [3.05, 3.63) is 54.2 Å². The molecular weight excluding hydrogens is 372 g/mol. The third-order valence-electron chi connectivity index (χ3n) is 4.14. The molecule has 3 aromatic rings. The minimum absolute atomic E-state index is 0.0179. The predicted octanol–water partition coefficient (Wildman–Crippen LogP) is 4.19.